The molecule has 3 aliphatic carbocycles. The normalized spacial score (nSPS) is 28.8. The van der Waals surface area contributed by atoms with Crippen LogP contribution in [-0.2, 0) is 4.79 Å². The molecule has 0 saturated heterocycles. The van der Waals surface area contributed by atoms with Gasteiger partial charge >= 0.3 is 0 Å². The van der Waals surface area contributed by atoms with Gasteiger partial charge in [-0.1, -0.05) is 44.4 Å². The number of nitrogens with two attached hydrogens (primary N) is 1. The van der Waals surface area contributed by atoms with Gasteiger partial charge < -0.3 is 0 Å². The minimum absolute atomic E-state index is 0.138. The zero-order valence-corrected chi connectivity index (χ0v) is 15.3. The summed E-state index contributed by atoms with van der Waals surface area (Å²) in [4.78, 5) is 13.2. The van der Waals surface area contributed by atoms with Crippen molar-refractivity contribution in [2.75, 3.05) is 5.01 Å². The number of fused-ring (bicyclic) bond motifs is 3. The number of carbonyl (C=O) groups excluding carboxylic acids is 1. The Bertz CT molecular complexity index is 571. The van der Waals surface area contributed by atoms with Crippen LogP contribution >= 0.6 is 0 Å². The van der Waals surface area contributed by atoms with Crippen LogP contribution in [-0.4, -0.2) is 5.91 Å². The third-order valence-electron chi connectivity index (χ3n) is 6.76. The molecule has 3 saturated carbocycles. The van der Waals surface area contributed by atoms with Gasteiger partial charge in [0, 0.05) is 0 Å². The lowest BCUT2D eigenvalue weighted by atomic mass is 9.52. The second-order valence-corrected chi connectivity index (χ2v) is 8.20. The lowest BCUT2D eigenvalue weighted by Crippen LogP contribution is -2.54. The van der Waals surface area contributed by atoms with Crippen molar-refractivity contribution in [3.05, 3.63) is 29.8 Å². The van der Waals surface area contributed by atoms with Gasteiger partial charge in [-0.25, -0.2) is 10.9 Å². The molecule has 3 aliphatic rings. The van der Waals surface area contributed by atoms with E-state index in [0.29, 0.717) is 5.41 Å². The fourth-order valence-corrected chi connectivity index (χ4v) is 4.91. The molecule has 0 unspecified atom stereocenters. The fourth-order valence-electron chi connectivity index (χ4n) is 4.91. The smallest absolute Gasteiger partial charge is 0.247 e. The molecule has 3 nitrogen and oxygen atoms in total. The number of anilines is 1. The lowest BCUT2D eigenvalue weighted by molar-refractivity contribution is -0.138. The molecule has 1 aromatic rings. The number of carbonyl (C=O) groups is 1. The first kappa shape index (κ1) is 17.5. The number of hydrogen-bond donors (Lipinski definition) is 1. The standard InChI is InChI=1S/C21H32N2O/c1-3-4-7-10-20-11-14-21(15-12-20,16-13-20)19(24)23(22)18-9-6-5-8-17(18)2/h5-6,8-9H,3-4,7,10-16,22H2,1-2H3. The highest BCUT2D eigenvalue weighted by atomic mass is 16.2. The van der Waals surface area contributed by atoms with Gasteiger partial charge in [0.25, 0.3) is 0 Å². The molecule has 3 heteroatoms. The number of para-hydroxylation sites is 1. The summed E-state index contributed by atoms with van der Waals surface area (Å²) in [6.45, 7) is 4.28. The van der Waals surface area contributed by atoms with Crippen molar-refractivity contribution in [2.24, 2.45) is 16.7 Å². The molecule has 3 fully saturated rings. The van der Waals surface area contributed by atoms with E-state index in [1.54, 1.807) is 0 Å². The highest BCUT2D eigenvalue weighted by Gasteiger charge is 2.53. The van der Waals surface area contributed by atoms with Crippen molar-refractivity contribution in [2.45, 2.75) is 78.1 Å². The summed E-state index contributed by atoms with van der Waals surface area (Å²) in [7, 11) is 0. The van der Waals surface area contributed by atoms with Crippen LogP contribution in [0.25, 0.3) is 0 Å². The molecule has 1 aromatic carbocycles. The van der Waals surface area contributed by atoms with E-state index in [1.165, 1.54) is 50.0 Å². The molecule has 1 amide bonds. The molecule has 0 aliphatic heterocycles. The van der Waals surface area contributed by atoms with E-state index >= 15 is 0 Å². The van der Waals surface area contributed by atoms with E-state index in [1.807, 2.05) is 31.2 Å². The fraction of sp³-hybridized carbons (Fsp3) is 0.667. The van der Waals surface area contributed by atoms with E-state index in [0.717, 1.165) is 30.5 Å². The zero-order chi connectivity index (χ0) is 17.2. The monoisotopic (exact) mass is 328 g/mol. The molecule has 0 atom stereocenters. The highest BCUT2D eigenvalue weighted by molar-refractivity contribution is 5.97. The van der Waals surface area contributed by atoms with Crippen molar-refractivity contribution < 1.29 is 4.79 Å². The number of amides is 1. The minimum atomic E-state index is -0.205. The molecule has 0 radical (unpaired) electrons. The van der Waals surface area contributed by atoms with Crippen molar-refractivity contribution in [3.8, 4) is 0 Å². The SMILES string of the molecule is CCCCCC12CCC(C(=O)N(N)c3ccccc3C)(CC1)CC2. The molecule has 2 bridgehead atoms. The zero-order valence-electron chi connectivity index (χ0n) is 15.3. The summed E-state index contributed by atoms with van der Waals surface area (Å²) in [6.07, 6.45) is 12.1. The van der Waals surface area contributed by atoms with Gasteiger partial charge in [0.1, 0.15) is 0 Å². The lowest BCUT2D eigenvalue weighted by Gasteiger charge is -2.53. The molecule has 4 rings (SSSR count). The number of hydrazine groups is 1. The van der Waals surface area contributed by atoms with Gasteiger partial charge in [0.2, 0.25) is 5.91 Å². The third kappa shape index (κ3) is 3.11. The quantitative estimate of drug-likeness (QED) is 0.341. The van der Waals surface area contributed by atoms with Gasteiger partial charge in [-0.15, -0.1) is 0 Å². The van der Waals surface area contributed by atoms with Gasteiger partial charge in [-0.05, 0) is 68.9 Å². The Morgan fingerprint density at radius 3 is 2.29 bits per heavy atom. The summed E-state index contributed by atoms with van der Waals surface area (Å²) >= 11 is 0. The Balaban J connectivity index is 1.69. The van der Waals surface area contributed by atoms with Crippen LogP contribution in [0.5, 0.6) is 0 Å². The average molecular weight is 329 g/mol. The summed E-state index contributed by atoms with van der Waals surface area (Å²) in [6, 6.07) is 7.90. The second-order valence-electron chi connectivity index (χ2n) is 8.20. The summed E-state index contributed by atoms with van der Waals surface area (Å²) in [5.41, 5.74) is 2.23. The highest BCUT2D eigenvalue weighted by Crippen LogP contribution is 2.59. The van der Waals surface area contributed by atoms with Crippen molar-refractivity contribution in [1.29, 1.82) is 0 Å². The average Bonchev–Trinajstić information content (AvgIpc) is 2.63. The Kier molecular flexibility index (Phi) is 5.00. The summed E-state index contributed by atoms with van der Waals surface area (Å²) in [5.74, 6) is 6.40. The first-order valence-electron chi connectivity index (χ1n) is 9.67. The largest absolute Gasteiger partial charge is 0.272 e. The third-order valence-corrected chi connectivity index (χ3v) is 6.76. The van der Waals surface area contributed by atoms with Crippen LogP contribution in [0.4, 0.5) is 5.69 Å². The molecule has 0 heterocycles. The van der Waals surface area contributed by atoms with Crippen LogP contribution in [0.2, 0.25) is 0 Å². The molecule has 132 valence electrons. The van der Waals surface area contributed by atoms with Crippen LogP contribution < -0.4 is 10.9 Å². The van der Waals surface area contributed by atoms with Crippen LogP contribution in [0.15, 0.2) is 24.3 Å². The number of rotatable bonds is 6. The van der Waals surface area contributed by atoms with Gasteiger partial charge in [-0.3, -0.25) is 4.79 Å². The van der Waals surface area contributed by atoms with E-state index in [9.17, 15) is 4.79 Å². The van der Waals surface area contributed by atoms with Gasteiger partial charge in [0.05, 0.1) is 11.1 Å². The van der Waals surface area contributed by atoms with Crippen LogP contribution in [0.1, 0.15) is 76.7 Å². The number of aryl methyl sites for hydroxylation is 1. The maximum absolute atomic E-state index is 13.2. The minimum Gasteiger partial charge on any atom is -0.272 e. The summed E-state index contributed by atoms with van der Waals surface area (Å²) < 4.78 is 0. The molecular weight excluding hydrogens is 296 g/mol. The van der Waals surface area contributed by atoms with Gasteiger partial charge in [-0.2, -0.15) is 0 Å². The molecule has 0 aromatic heterocycles. The predicted octanol–water partition coefficient (Wildman–Crippen LogP) is 5.12. The molecule has 0 spiro atoms. The topological polar surface area (TPSA) is 46.3 Å². The summed E-state index contributed by atoms with van der Waals surface area (Å²) in [5, 5.41) is 1.44. The van der Waals surface area contributed by atoms with Gasteiger partial charge in [0.15, 0.2) is 0 Å². The van der Waals surface area contributed by atoms with Crippen molar-refractivity contribution >= 4 is 11.6 Å². The van der Waals surface area contributed by atoms with Crippen LogP contribution in [0.3, 0.4) is 0 Å². The van der Waals surface area contributed by atoms with E-state index in [-0.39, 0.29) is 11.3 Å². The molecule has 24 heavy (non-hydrogen) atoms. The molecular formula is C21H32N2O. The number of unbranched alkanes of at least 4 members (excludes halogenated alkanes) is 2. The van der Waals surface area contributed by atoms with Crippen LogP contribution in [0, 0.1) is 17.8 Å². The maximum atomic E-state index is 13.2. The van der Waals surface area contributed by atoms with E-state index in [4.69, 9.17) is 5.84 Å². The first-order valence-corrected chi connectivity index (χ1v) is 9.67. The van der Waals surface area contributed by atoms with Crippen molar-refractivity contribution in [1.82, 2.24) is 0 Å². The Labute approximate surface area is 146 Å². The van der Waals surface area contributed by atoms with Crippen molar-refractivity contribution in [3.63, 3.8) is 0 Å². The Morgan fingerprint density at radius 2 is 1.71 bits per heavy atom. The Morgan fingerprint density at radius 1 is 1.08 bits per heavy atom. The van der Waals surface area contributed by atoms with E-state index in [2.05, 4.69) is 6.92 Å². The molecule has 2 N–H and O–H groups in total. The Hall–Kier alpha value is -1.35. The second kappa shape index (κ2) is 6.87. The maximum Gasteiger partial charge on any atom is 0.247 e. The number of hydrogen-bond acceptors (Lipinski definition) is 2. The first-order chi connectivity index (χ1) is 11.5. The number of benzene rings is 1. The van der Waals surface area contributed by atoms with E-state index < -0.39 is 0 Å². The number of nitrogens with zero attached hydrogens (tertiary/aromatic N) is 1. The predicted molar refractivity (Wildman–Crippen MR) is 99.6 cm³/mol.